The highest BCUT2D eigenvalue weighted by atomic mass is 16.2. The molecule has 0 aliphatic heterocycles. The van der Waals surface area contributed by atoms with Crippen LogP contribution in [0.1, 0.15) is 53.7 Å². The molecule has 0 aromatic heterocycles. The molecule has 2 amide bonds. The average molecular weight is 338 g/mol. The van der Waals surface area contributed by atoms with E-state index in [1.807, 2.05) is 58.0 Å². The minimum Gasteiger partial charge on any atom is -0.341 e. The van der Waals surface area contributed by atoms with Gasteiger partial charge in [-0.2, -0.15) is 0 Å². The van der Waals surface area contributed by atoms with Crippen LogP contribution in [0.25, 0.3) is 0 Å². The number of benzene rings is 2. The van der Waals surface area contributed by atoms with E-state index in [-0.39, 0.29) is 12.1 Å². The molecule has 0 aliphatic carbocycles. The Morgan fingerprint density at radius 3 is 1.88 bits per heavy atom. The topological polar surface area (TPSA) is 58.2 Å². The summed E-state index contributed by atoms with van der Waals surface area (Å²) in [5.41, 5.74) is 5.48. The summed E-state index contributed by atoms with van der Waals surface area (Å²) >= 11 is 0. The SMILES string of the molecule is Cc1cc(C)c([C@H](C)NC(=O)C(=O)N[C@@H](C)c2ccccc2)cc1C. The molecule has 132 valence electrons. The van der Waals surface area contributed by atoms with Crippen molar-refractivity contribution in [2.75, 3.05) is 0 Å². The summed E-state index contributed by atoms with van der Waals surface area (Å²) in [4.78, 5) is 24.4. The van der Waals surface area contributed by atoms with Crippen LogP contribution in [0.4, 0.5) is 0 Å². The number of nitrogens with one attached hydrogen (secondary N) is 2. The molecule has 0 aliphatic rings. The zero-order valence-electron chi connectivity index (χ0n) is 15.5. The highest BCUT2D eigenvalue weighted by Crippen LogP contribution is 2.21. The summed E-state index contributed by atoms with van der Waals surface area (Å²) in [5.74, 6) is -1.24. The Hall–Kier alpha value is -2.62. The van der Waals surface area contributed by atoms with E-state index in [0.29, 0.717) is 0 Å². The Balaban J connectivity index is 2.01. The molecule has 2 aromatic rings. The van der Waals surface area contributed by atoms with E-state index < -0.39 is 11.8 Å². The van der Waals surface area contributed by atoms with Crippen molar-refractivity contribution in [3.05, 3.63) is 70.3 Å². The zero-order valence-corrected chi connectivity index (χ0v) is 15.5. The molecule has 0 saturated carbocycles. The summed E-state index contributed by atoms with van der Waals surface area (Å²) in [5, 5.41) is 5.53. The molecule has 2 aromatic carbocycles. The minimum atomic E-state index is -0.621. The Kier molecular flexibility index (Phi) is 5.97. The molecule has 0 bridgehead atoms. The number of amides is 2. The molecule has 0 radical (unpaired) electrons. The highest BCUT2D eigenvalue weighted by Gasteiger charge is 2.20. The molecule has 4 nitrogen and oxygen atoms in total. The van der Waals surface area contributed by atoms with Gasteiger partial charge in [-0.15, -0.1) is 0 Å². The first-order valence-corrected chi connectivity index (χ1v) is 8.53. The quantitative estimate of drug-likeness (QED) is 0.836. The van der Waals surface area contributed by atoms with Crippen molar-refractivity contribution < 1.29 is 9.59 Å². The second-order valence-electron chi connectivity index (χ2n) is 6.59. The second-order valence-corrected chi connectivity index (χ2v) is 6.59. The van der Waals surface area contributed by atoms with Crippen LogP contribution in [0.2, 0.25) is 0 Å². The normalized spacial score (nSPS) is 13.0. The minimum absolute atomic E-state index is 0.224. The number of hydrogen-bond donors (Lipinski definition) is 2. The van der Waals surface area contributed by atoms with Gasteiger partial charge in [0.05, 0.1) is 12.1 Å². The molecule has 0 saturated heterocycles. The maximum atomic E-state index is 12.2. The first-order chi connectivity index (χ1) is 11.8. The molecule has 0 heterocycles. The van der Waals surface area contributed by atoms with Crippen molar-refractivity contribution in [1.29, 1.82) is 0 Å². The summed E-state index contributed by atoms with van der Waals surface area (Å²) in [6.45, 7) is 9.87. The lowest BCUT2D eigenvalue weighted by molar-refractivity contribution is -0.140. The van der Waals surface area contributed by atoms with Crippen LogP contribution in [0, 0.1) is 20.8 Å². The molecule has 2 N–H and O–H groups in total. The van der Waals surface area contributed by atoms with E-state index in [2.05, 4.69) is 29.7 Å². The molecule has 0 spiro atoms. The van der Waals surface area contributed by atoms with Gasteiger partial charge >= 0.3 is 11.8 Å². The zero-order chi connectivity index (χ0) is 18.6. The average Bonchev–Trinajstić information content (AvgIpc) is 2.58. The molecule has 25 heavy (non-hydrogen) atoms. The van der Waals surface area contributed by atoms with Crippen molar-refractivity contribution >= 4 is 11.8 Å². The first kappa shape index (κ1) is 18.7. The van der Waals surface area contributed by atoms with Gasteiger partial charge < -0.3 is 10.6 Å². The van der Waals surface area contributed by atoms with Crippen LogP contribution in [-0.4, -0.2) is 11.8 Å². The fourth-order valence-corrected chi connectivity index (χ4v) is 2.88. The van der Waals surface area contributed by atoms with Crippen molar-refractivity contribution in [2.45, 2.75) is 46.7 Å². The summed E-state index contributed by atoms with van der Waals surface area (Å²) in [6, 6.07) is 13.3. The van der Waals surface area contributed by atoms with Gasteiger partial charge in [0.15, 0.2) is 0 Å². The Morgan fingerprint density at radius 1 is 0.760 bits per heavy atom. The van der Waals surface area contributed by atoms with E-state index in [1.165, 1.54) is 11.1 Å². The monoisotopic (exact) mass is 338 g/mol. The van der Waals surface area contributed by atoms with Crippen LogP contribution in [-0.2, 0) is 9.59 Å². The van der Waals surface area contributed by atoms with Gasteiger partial charge in [0, 0.05) is 0 Å². The predicted octanol–water partition coefficient (Wildman–Crippen LogP) is 3.67. The van der Waals surface area contributed by atoms with Crippen molar-refractivity contribution in [2.24, 2.45) is 0 Å². The van der Waals surface area contributed by atoms with Crippen LogP contribution < -0.4 is 10.6 Å². The van der Waals surface area contributed by atoms with Gasteiger partial charge in [-0.1, -0.05) is 42.5 Å². The van der Waals surface area contributed by atoms with Crippen LogP contribution in [0.15, 0.2) is 42.5 Å². The molecule has 0 unspecified atom stereocenters. The maximum Gasteiger partial charge on any atom is 0.309 e. The van der Waals surface area contributed by atoms with Gasteiger partial charge in [0.1, 0.15) is 0 Å². The first-order valence-electron chi connectivity index (χ1n) is 8.53. The number of aryl methyl sites for hydroxylation is 3. The van der Waals surface area contributed by atoms with Crippen LogP contribution >= 0.6 is 0 Å². The summed E-state index contributed by atoms with van der Waals surface area (Å²) in [7, 11) is 0. The third kappa shape index (κ3) is 4.69. The molecular formula is C21H26N2O2. The van der Waals surface area contributed by atoms with Gasteiger partial charge in [-0.25, -0.2) is 0 Å². The third-order valence-corrected chi connectivity index (χ3v) is 4.55. The van der Waals surface area contributed by atoms with E-state index in [4.69, 9.17) is 0 Å². The molecule has 4 heteroatoms. The van der Waals surface area contributed by atoms with Crippen molar-refractivity contribution in [3.8, 4) is 0 Å². The number of carbonyl (C=O) groups is 2. The second kappa shape index (κ2) is 7.97. The smallest absolute Gasteiger partial charge is 0.309 e. The fourth-order valence-electron chi connectivity index (χ4n) is 2.88. The predicted molar refractivity (Wildman–Crippen MR) is 100 cm³/mol. The maximum absolute atomic E-state index is 12.2. The van der Waals surface area contributed by atoms with E-state index in [9.17, 15) is 9.59 Å². The standard InChI is InChI=1S/C21H26N2O2/c1-13-11-15(3)19(12-14(13)2)17(5)23-21(25)20(24)22-16(4)18-9-7-6-8-10-18/h6-12,16-17H,1-5H3,(H,22,24)(H,23,25)/t16-,17-/m0/s1. The highest BCUT2D eigenvalue weighted by molar-refractivity contribution is 6.35. The van der Waals surface area contributed by atoms with Crippen molar-refractivity contribution in [1.82, 2.24) is 10.6 Å². The number of hydrogen-bond acceptors (Lipinski definition) is 2. The van der Waals surface area contributed by atoms with E-state index in [1.54, 1.807) is 0 Å². The summed E-state index contributed by atoms with van der Waals surface area (Å²) in [6.07, 6.45) is 0. The molecule has 2 rings (SSSR count). The lowest BCUT2D eigenvalue weighted by atomic mass is 9.96. The number of carbonyl (C=O) groups excluding carboxylic acids is 2. The van der Waals surface area contributed by atoms with Gasteiger partial charge in [0.25, 0.3) is 0 Å². The Morgan fingerprint density at radius 2 is 1.28 bits per heavy atom. The van der Waals surface area contributed by atoms with E-state index >= 15 is 0 Å². The van der Waals surface area contributed by atoms with Crippen molar-refractivity contribution in [3.63, 3.8) is 0 Å². The van der Waals surface area contributed by atoms with Gasteiger partial charge in [0.2, 0.25) is 0 Å². The lowest BCUT2D eigenvalue weighted by Crippen LogP contribution is -2.42. The van der Waals surface area contributed by atoms with Crippen LogP contribution in [0.5, 0.6) is 0 Å². The van der Waals surface area contributed by atoms with Gasteiger partial charge in [-0.3, -0.25) is 9.59 Å². The Bertz CT molecular complexity index is 769. The molecular weight excluding hydrogens is 312 g/mol. The molecule has 2 atom stereocenters. The number of rotatable bonds is 4. The van der Waals surface area contributed by atoms with E-state index in [0.717, 1.165) is 16.7 Å². The Labute approximate surface area is 149 Å². The third-order valence-electron chi connectivity index (χ3n) is 4.55. The fraction of sp³-hybridized carbons (Fsp3) is 0.333. The van der Waals surface area contributed by atoms with Gasteiger partial charge in [-0.05, 0) is 62.4 Å². The molecule has 0 fully saturated rings. The summed E-state index contributed by atoms with van der Waals surface area (Å²) < 4.78 is 0. The largest absolute Gasteiger partial charge is 0.341 e. The lowest BCUT2D eigenvalue weighted by Gasteiger charge is -2.19. The van der Waals surface area contributed by atoms with Crippen LogP contribution in [0.3, 0.4) is 0 Å².